The molecule has 5 heteroatoms. The molecule has 2 aromatic rings. The average Bonchev–Trinajstić information content (AvgIpc) is 3.19. The van der Waals surface area contributed by atoms with Gasteiger partial charge in [-0.25, -0.2) is 4.68 Å². The summed E-state index contributed by atoms with van der Waals surface area (Å²) in [5.41, 5.74) is 2.38. The molecule has 1 aliphatic carbocycles. The lowest BCUT2D eigenvalue weighted by Gasteiger charge is -2.07. The number of amides is 1. The first-order valence-electron chi connectivity index (χ1n) is 6.69. The van der Waals surface area contributed by atoms with Crippen LogP contribution in [0.5, 0.6) is 5.75 Å². The van der Waals surface area contributed by atoms with Crippen molar-refractivity contribution in [1.29, 1.82) is 0 Å². The molecule has 0 unspecified atom stereocenters. The van der Waals surface area contributed by atoms with Gasteiger partial charge in [0.25, 0.3) is 5.91 Å². The SMILES string of the molecule is COc1ccc(-n2ncc(C(=O)NC3CC3)c2C)cc1. The van der Waals surface area contributed by atoms with Gasteiger partial charge in [0.1, 0.15) is 5.75 Å². The number of rotatable bonds is 4. The summed E-state index contributed by atoms with van der Waals surface area (Å²) >= 11 is 0. The van der Waals surface area contributed by atoms with Crippen LogP contribution in [0.2, 0.25) is 0 Å². The molecule has 1 aromatic heterocycles. The van der Waals surface area contributed by atoms with Crippen LogP contribution in [0.15, 0.2) is 30.5 Å². The number of benzene rings is 1. The summed E-state index contributed by atoms with van der Waals surface area (Å²) in [6.07, 6.45) is 3.78. The van der Waals surface area contributed by atoms with Gasteiger partial charge in [-0.05, 0) is 44.0 Å². The number of methoxy groups -OCH3 is 1. The minimum absolute atomic E-state index is 0.0373. The van der Waals surface area contributed by atoms with Gasteiger partial charge in [-0.3, -0.25) is 4.79 Å². The van der Waals surface area contributed by atoms with Crippen LogP contribution in [-0.4, -0.2) is 28.8 Å². The normalized spacial score (nSPS) is 14.1. The summed E-state index contributed by atoms with van der Waals surface area (Å²) in [7, 11) is 1.63. The van der Waals surface area contributed by atoms with Crippen LogP contribution in [0, 0.1) is 6.92 Å². The van der Waals surface area contributed by atoms with Crippen molar-refractivity contribution in [3.63, 3.8) is 0 Å². The largest absolute Gasteiger partial charge is 0.497 e. The highest BCUT2D eigenvalue weighted by molar-refractivity contribution is 5.95. The van der Waals surface area contributed by atoms with Crippen LogP contribution in [0.4, 0.5) is 0 Å². The highest BCUT2D eigenvalue weighted by Gasteiger charge is 2.25. The molecule has 0 bridgehead atoms. The van der Waals surface area contributed by atoms with E-state index in [0.717, 1.165) is 30.0 Å². The van der Waals surface area contributed by atoms with Crippen LogP contribution in [0.1, 0.15) is 28.9 Å². The van der Waals surface area contributed by atoms with E-state index >= 15 is 0 Å². The number of carbonyl (C=O) groups excluding carboxylic acids is 1. The van der Waals surface area contributed by atoms with Crippen LogP contribution < -0.4 is 10.1 Å². The van der Waals surface area contributed by atoms with Gasteiger partial charge in [-0.1, -0.05) is 0 Å². The van der Waals surface area contributed by atoms with E-state index in [4.69, 9.17) is 4.74 Å². The van der Waals surface area contributed by atoms with Gasteiger partial charge in [0.05, 0.1) is 30.3 Å². The molecule has 1 aromatic carbocycles. The first kappa shape index (κ1) is 12.7. The fraction of sp³-hybridized carbons (Fsp3) is 0.333. The smallest absolute Gasteiger partial charge is 0.254 e. The summed E-state index contributed by atoms with van der Waals surface area (Å²) in [5.74, 6) is 0.759. The van der Waals surface area contributed by atoms with Crippen LogP contribution >= 0.6 is 0 Å². The first-order chi connectivity index (χ1) is 9.69. The third kappa shape index (κ3) is 2.39. The second kappa shape index (κ2) is 5.00. The summed E-state index contributed by atoms with van der Waals surface area (Å²) in [4.78, 5) is 12.1. The maximum atomic E-state index is 12.1. The zero-order valence-corrected chi connectivity index (χ0v) is 11.6. The molecule has 0 aliphatic heterocycles. The number of aromatic nitrogens is 2. The second-order valence-electron chi connectivity index (χ2n) is 5.00. The molecule has 1 saturated carbocycles. The van der Waals surface area contributed by atoms with E-state index in [2.05, 4.69) is 10.4 Å². The fourth-order valence-electron chi connectivity index (χ4n) is 2.11. The molecular weight excluding hydrogens is 254 g/mol. The molecule has 104 valence electrons. The predicted molar refractivity (Wildman–Crippen MR) is 75.3 cm³/mol. The summed E-state index contributed by atoms with van der Waals surface area (Å²) < 4.78 is 6.90. The third-order valence-corrected chi connectivity index (χ3v) is 3.48. The highest BCUT2D eigenvalue weighted by atomic mass is 16.5. The molecular formula is C15H17N3O2. The molecule has 20 heavy (non-hydrogen) atoms. The van der Waals surface area contributed by atoms with Crippen LogP contribution in [0.3, 0.4) is 0 Å². The fourth-order valence-corrected chi connectivity index (χ4v) is 2.11. The Morgan fingerprint density at radius 1 is 1.35 bits per heavy atom. The van der Waals surface area contributed by atoms with Gasteiger partial charge in [0.15, 0.2) is 0 Å². The minimum Gasteiger partial charge on any atom is -0.497 e. The van der Waals surface area contributed by atoms with Crippen LogP contribution in [-0.2, 0) is 0 Å². The Labute approximate surface area is 117 Å². The number of hydrogen-bond donors (Lipinski definition) is 1. The van der Waals surface area contributed by atoms with E-state index < -0.39 is 0 Å². The number of hydrogen-bond acceptors (Lipinski definition) is 3. The lowest BCUT2D eigenvalue weighted by Crippen LogP contribution is -2.25. The molecule has 1 N–H and O–H groups in total. The molecule has 1 aliphatic rings. The Hall–Kier alpha value is -2.30. The molecule has 0 radical (unpaired) electrons. The summed E-state index contributed by atoms with van der Waals surface area (Å²) in [6, 6.07) is 7.94. The van der Waals surface area contributed by atoms with Crippen LogP contribution in [0.25, 0.3) is 5.69 Å². The Bertz CT molecular complexity index is 627. The van der Waals surface area contributed by atoms with Gasteiger partial charge in [0.2, 0.25) is 0 Å². The Morgan fingerprint density at radius 3 is 2.65 bits per heavy atom. The van der Waals surface area contributed by atoms with Gasteiger partial charge in [-0.2, -0.15) is 5.10 Å². The number of nitrogens with one attached hydrogen (secondary N) is 1. The average molecular weight is 271 g/mol. The zero-order chi connectivity index (χ0) is 14.1. The minimum atomic E-state index is -0.0373. The van der Waals surface area contributed by atoms with E-state index in [1.54, 1.807) is 18.0 Å². The molecule has 1 heterocycles. The van der Waals surface area contributed by atoms with E-state index in [9.17, 15) is 4.79 Å². The highest BCUT2D eigenvalue weighted by Crippen LogP contribution is 2.21. The molecule has 0 atom stereocenters. The van der Waals surface area contributed by atoms with Gasteiger partial charge in [-0.15, -0.1) is 0 Å². The van der Waals surface area contributed by atoms with Crippen molar-refractivity contribution in [3.8, 4) is 11.4 Å². The molecule has 3 rings (SSSR count). The van der Waals surface area contributed by atoms with Crippen molar-refractivity contribution in [3.05, 3.63) is 41.7 Å². The quantitative estimate of drug-likeness (QED) is 0.926. The standard InChI is InChI=1S/C15H17N3O2/c1-10-14(15(19)17-11-3-4-11)9-16-18(10)12-5-7-13(20-2)8-6-12/h5-9,11H,3-4H2,1-2H3,(H,17,19). The van der Waals surface area contributed by atoms with Crippen molar-refractivity contribution in [1.82, 2.24) is 15.1 Å². The number of nitrogens with zero attached hydrogens (tertiary/aromatic N) is 2. The van der Waals surface area contributed by atoms with E-state index in [1.807, 2.05) is 31.2 Å². The Morgan fingerprint density at radius 2 is 2.05 bits per heavy atom. The maximum Gasteiger partial charge on any atom is 0.254 e. The lowest BCUT2D eigenvalue weighted by molar-refractivity contribution is 0.0950. The molecule has 0 spiro atoms. The molecule has 1 fully saturated rings. The van der Waals surface area contributed by atoms with E-state index in [1.165, 1.54) is 0 Å². The monoisotopic (exact) mass is 271 g/mol. The van der Waals surface area contributed by atoms with E-state index in [-0.39, 0.29) is 5.91 Å². The Balaban J connectivity index is 1.86. The number of carbonyl (C=O) groups is 1. The molecule has 1 amide bonds. The summed E-state index contributed by atoms with van der Waals surface area (Å²) in [6.45, 7) is 1.90. The second-order valence-corrected chi connectivity index (χ2v) is 5.00. The van der Waals surface area contributed by atoms with Crippen molar-refractivity contribution in [2.75, 3.05) is 7.11 Å². The topological polar surface area (TPSA) is 56.2 Å². The predicted octanol–water partition coefficient (Wildman–Crippen LogP) is 2.08. The zero-order valence-electron chi connectivity index (χ0n) is 11.6. The first-order valence-corrected chi connectivity index (χ1v) is 6.69. The van der Waals surface area contributed by atoms with Gasteiger partial charge < -0.3 is 10.1 Å². The van der Waals surface area contributed by atoms with Crippen molar-refractivity contribution in [2.45, 2.75) is 25.8 Å². The van der Waals surface area contributed by atoms with Gasteiger partial charge >= 0.3 is 0 Å². The van der Waals surface area contributed by atoms with E-state index in [0.29, 0.717) is 11.6 Å². The third-order valence-electron chi connectivity index (χ3n) is 3.48. The van der Waals surface area contributed by atoms with Crippen molar-refractivity contribution in [2.24, 2.45) is 0 Å². The lowest BCUT2D eigenvalue weighted by atomic mass is 10.2. The van der Waals surface area contributed by atoms with Crippen molar-refractivity contribution >= 4 is 5.91 Å². The Kier molecular flexibility index (Phi) is 3.18. The number of ether oxygens (including phenoxy) is 1. The van der Waals surface area contributed by atoms with Gasteiger partial charge in [0, 0.05) is 6.04 Å². The van der Waals surface area contributed by atoms with Crippen molar-refractivity contribution < 1.29 is 9.53 Å². The maximum absolute atomic E-state index is 12.1. The summed E-state index contributed by atoms with van der Waals surface area (Å²) in [5, 5.41) is 7.29. The molecule has 5 nitrogen and oxygen atoms in total. The molecule has 0 saturated heterocycles.